The highest BCUT2D eigenvalue weighted by Gasteiger charge is 2.33. The molecule has 0 spiro atoms. The Hall–Kier alpha value is -0.610. The van der Waals surface area contributed by atoms with Crippen LogP contribution in [0.5, 0.6) is 0 Å². The maximum atomic E-state index is 11.1. The number of likely N-dealkylation sites (tertiary alicyclic amines) is 1. The van der Waals surface area contributed by atoms with Crippen LogP contribution in [0, 0.1) is 5.92 Å². The Morgan fingerprint density at radius 3 is 2.93 bits per heavy atom. The van der Waals surface area contributed by atoms with Crippen LogP contribution in [0.3, 0.4) is 0 Å². The summed E-state index contributed by atoms with van der Waals surface area (Å²) in [5.74, 6) is -0.423. The maximum Gasteiger partial charge on any atom is 0.321 e. The molecule has 14 heavy (non-hydrogen) atoms. The normalized spacial score (nSPS) is 29.0. The fourth-order valence-electron chi connectivity index (χ4n) is 2.22. The van der Waals surface area contributed by atoms with Gasteiger partial charge in [0.25, 0.3) is 0 Å². The van der Waals surface area contributed by atoms with Crippen molar-refractivity contribution >= 4 is 5.97 Å². The molecule has 2 atom stereocenters. The van der Waals surface area contributed by atoms with Crippen LogP contribution in [0.15, 0.2) is 0 Å². The van der Waals surface area contributed by atoms with Crippen molar-refractivity contribution in [2.24, 2.45) is 11.7 Å². The van der Waals surface area contributed by atoms with Gasteiger partial charge in [0, 0.05) is 6.54 Å². The molecule has 0 aromatic carbocycles. The van der Waals surface area contributed by atoms with Crippen molar-refractivity contribution in [2.45, 2.75) is 32.2 Å². The van der Waals surface area contributed by atoms with Gasteiger partial charge in [-0.1, -0.05) is 6.92 Å². The molecule has 1 heterocycles. The summed E-state index contributed by atoms with van der Waals surface area (Å²) in [4.78, 5) is 13.1. The molecule has 1 aliphatic heterocycles. The van der Waals surface area contributed by atoms with E-state index in [1.807, 2.05) is 6.92 Å². The number of carbonyl (C=O) groups is 1. The molecule has 2 unspecified atom stereocenters. The lowest BCUT2D eigenvalue weighted by Gasteiger charge is -2.37. The fourth-order valence-corrected chi connectivity index (χ4v) is 2.22. The van der Waals surface area contributed by atoms with Crippen molar-refractivity contribution in [3.05, 3.63) is 0 Å². The zero-order valence-electron chi connectivity index (χ0n) is 8.78. The SMILES string of the molecule is CC1CCCN(CCCN)C1C(=O)O. The van der Waals surface area contributed by atoms with Gasteiger partial charge in [0.1, 0.15) is 6.04 Å². The average Bonchev–Trinajstić information content (AvgIpc) is 2.14. The zero-order valence-corrected chi connectivity index (χ0v) is 8.78. The molecule has 0 amide bonds. The van der Waals surface area contributed by atoms with E-state index in [4.69, 9.17) is 10.8 Å². The standard InChI is InChI=1S/C10H20N2O2/c1-8-4-2-6-12(7-3-5-11)9(8)10(13)14/h8-9H,2-7,11H2,1H3,(H,13,14). The van der Waals surface area contributed by atoms with Gasteiger partial charge in [0.15, 0.2) is 0 Å². The fraction of sp³-hybridized carbons (Fsp3) is 0.900. The molecule has 4 heteroatoms. The third kappa shape index (κ3) is 2.69. The number of carboxylic acids is 1. The van der Waals surface area contributed by atoms with E-state index < -0.39 is 5.97 Å². The summed E-state index contributed by atoms with van der Waals surface area (Å²) in [5, 5.41) is 9.11. The second kappa shape index (κ2) is 5.32. The number of hydrogen-bond acceptors (Lipinski definition) is 3. The zero-order chi connectivity index (χ0) is 10.6. The van der Waals surface area contributed by atoms with Gasteiger partial charge in [-0.25, -0.2) is 0 Å². The lowest BCUT2D eigenvalue weighted by Crippen LogP contribution is -2.49. The van der Waals surface area contributed by atoms with Gasteiger partial charge in [-0.15, -0.1) is 0 Å². The van der Waals surface area contributed by atoms with Gasteiger partial charge < -0.3 is 10.8 Å². The summed E-state index contributed by atoms with van der Waals surface area (Å²) >= 11 is 0. The van der Waals surface area contributed by atoms with Gasteiger partial charge in [0.05, 0.1) is 0 Å². The predicted octanol–water partition coefficient (Wildman–Crippen LogP) is 0.520. The molecule has 1 saturated heterocycles. The number of nitrogens with zero attached hydrogens (tertiary/aromatic N) is 1. The number of carboxylic acid groups (broad SMARTS) is 1. The Balaban J connectivity index is 2.55. The van der Waals surface area contributed by atoms with Gasteiger partial charge in [-0.2, -0.15) is 0 Å². The Bertz CT molecular complexity index is 197. The molecular weight excluding hydrogens is 180 g/mol. The molecule has 3 N–H and O–H groups in total. The molecule has 0 aliphatic carbocycles. The number of nitrogens with two attached hydrogens (primary N) is 1. The van der Waals surface area contributed by atoms with Crippen molar-refractivity contribution in [3.63, 3.8) is 0 Å². The van der Waals surface area contributed by atoms with Crippen LogP contribution in [0.4, 0.5) is 0 Å². The van der Waals surface area contributed by atoms with Gasteiger partial charge >= 0.3 is 5.97 Å². The minimum Gasteiger partial charge on any atom is -0.480 e. The topological polar surface area (TPSA) is 66.6 Å². The summed E-state index contributed by atoms with van der Waals surface area (Å²) in [7, 11) is 0. The third-order valence-corrected chi connectivity index (χ3v) is 2.94. The van der Waals surface area contributed by atoms with E-state index in [-0.39, 0.29) is 12.0 Å². The second-order valence-corrected chi connectivity index (χ2v) is 4.08. The molecule has 0 radical (unpaired) electrons. The number of piperidine rings is 1. The van der Waals surface area contributed by atoms with Crippen LogP contribution in [0.25, 0.3) is 0 Å². The summed E-state index contributed by atoms with van der Waals surface area (Å²) in [6.07, 6.45) is 3.02. The van der Waals surface area contributed by atoms with E-state index in [1.165, 1.54) is 0 Å². The third-order valence-electron chi connectivity index (χ3n) is 2.94. The lowest BCUT2D eigenvalue weighted by molar-refractivity contribution is -0.146. The van der Waals surface area contributed by atoms with Crippen LogP contribution in [0.2, 0.25) is 0 Å². The van der Waals surface area contributed by atoms with Gasteiger partial charge in [-0.3, -0.25) is 9.69 Å². The largest absolute Gasteiger partial charge is 0.480 e. The van der Waals surface area contributed by atoms with Crippen molar-refractivity contribution in [3.8, 4) is 0 Å². The molecule has 0 bridgehead atoms. The Morgan fingerprint density at radius 2 is 2.36 bits per heavy atom. The van der Waals surface area contributed by atoms with E-state index >= 15 is 0 Å². The first-order chi connectivity index (χ1) is 6.66. The summed E-state index contributed by atoms with van der Waals surface area (Å²) in [6, 6.07) is -0.296. The summed E-state index contributed by atoms with van der Waals surface area (Å²) < 4.78 is 0. The predicted molar refractivity (Wildman–Crippen MR) is 55.1 cm³/mol. The highest BCUT2D eigenvalue weighted by molar-refractivity contribution is 5.74. The van der Waals surface area contributed by atoms with Gasteiger partial charge in [0.2, 0.25) is 0 Å². The van der Waals surface area contributed by atoms with E-state index in [0.29, 0.717) is 6.54 Å². The summed E-state index contributed by atoms with van der Waals surface area (Å²) in [6.45, 7) is 4.38. The van der Waals surface area contributed by atoms with E-state index in [2.05, 4.69) is 4.90 Å². The molecule has 1 aliphatic rings. The highest BCUT2D eigenvalue weighted by Crippen LogP contribution is 2.23. The van der Waals surface area contributed by atoms with Crippen LogP contribution in [-0.2, 0) is 4.79 Å². The molecule has 1 fully saturated rings. The summed E-state index contributed by atoms with van der Waals surface area (Å²) in [5.41, 5.74) is 5.43. The van der Waals surface area contributed by atoms with Crippen molar-refractivity contribution < 1.29 is 9.90 Å². The van der Waals surface area contributed by atoms with Crippen LogP contribution < -0.4 is 5.73 Å². The van der Waals surface area contributed by atoms with E-state index in [1.54, 1.807) is 0 Å². The first-order valence-electron chi connectivity index (χ1n) is 5.33. The Morgan fingerprint density at radius 1 is 1.64 bits per heavy atom. The molecule has 0 aromatic rings. The Kier molecular flexibility index (Phi) is 4.35. The van der Waals surface area contributed by atoms with Crippen molar-refractivity contribution in [1.29, 1.82) is 0 Å². The van der Waals surface area contributed by atoms with E-state index in [9.17, 15) is 4.79 Å². The first kappa shape index (κ1) is 11.5. The minimum absolute atomic E-state index is 0.263. The monoisotopic (exact) mass is 200 g/mol. The molecule has 0 saturated carbocycles. The second-order valence-electron chi connectivity index (χ2n) is 4.08. The first-order valence-corrected chi connectivity index (χ1v) is 5.33. The van der Waals surface area contributed by atoms with E-state index in [0.717, 1.165) is 32.4 Å². The number of rotatable bonds is 4. The number of hydrogen-bond donors (Lipinski definition) is 2. The quantitative estimate of drug-likeness (QED) is 0.694. The van der Waals surface area contributed by atoms with Crippen molar-refractivity contribution in [2.75, 3.05) is 19.6 Å². The highest BCUT2D eigenvalue weighted by atomic mass is 16.4. The average molecular weight is 200 g/mol. The van der Waals surface area contributed by atoms with Crippen molar-refractivity contribution in [1.82, 2.24) is 4.90 Å². The number of aliphatic carboxylic acids is 1. The molecule has 82 valence electrons. The minimum atomic E-state index is -0.686. The molecule has 4 nitrogen and oxygen atoms in total. The molecule has 1 rings (SSSR count). The van der Waals surface area contributed by atoms with Crippen LogP contribution >= 0.6 is 0 Å². The van der Waals surface area contributed by atoms with Crippen LogP contribution in [-0.4, -0.2) is 41.7 Å². The maximum absolute atomic E-state index is 11.1. The Labute approximate surface area is 85.1 Å². The smallest absolute Gasteiger partial charge is 0.321 e. The van der Waals surface area contributed by atoms with Gasteiger partial charge in [-0.05, 0) is 38.3 Å². The van der Waals surface area contributed by atoms with Crippen LogP contribution in [0.1, 0.15) is 26.2 Å². The molecular formula is C10H20N2O2. The molecule has 0 aromatic heterocycles. The lowest BCUT2D eigenvalue weighted by atomic mass is 9.91.